The molecule has 2 bridgehead atoms. The van der Waals surface area contributed by atoms with Gasteiger partial charge in [0.05, 0.1) is 17.9 Å². The maximum absolute atomic E-state index is 13.3. The summed E-state index contributed by atoms with van der Waals surface area (Å²) in [4.78, 5) is 28.6. The van der Waals surface area contributed by atoms with Gasteiger partial charge in [0, 0.05) is 12.2 Å². The van der Waals surface area contributed by atoms with Gasteiger partial charge in [-0.25, -0.2) is 9.67 Å². The Kier molecular flexibility index (Phi) is 6.00. The predicted octanol–water partition coefficient (Wildman–Crippen LogP) is 3.79. The summed E-state index contributed by atoms with van der Waals surface area (Å²) >= 11 is 6.36. The molecule has 5 rings (SSSR count). The highest BCUT2D eigenvalue weighted by atomic mass is 35.5. The second-order valence-electron chi connectivity index (χ2n) is 9.74. The number of carbonyl (C=O) groups excluding carboxylic acids is 1. The third kappa shape index (κ3) is 4.12. The Labute approximate surface area is 191 Å². The Bertz CT molecular complexity index is 1090. The SMILES string of the molecule is CC(NC(=O)Cn1ncc(N[C@@H]2C[C@@H]3C[C@H]([C@H]2C)C3(C)C)c(Cl)c1=O)c1ccnc(F)c1. The number of fused-ring (bicyclic) bond motifs is 2. The van der Waals surface area contributed by atoms with Crippen LogP contribution >= 0.6 is 11.6 Å². The number of hydrogen-bond acceptors (Lipinski definition) is 5. The van der Waals surface area contributed by atoms with Gasteiger partial charge in [-0.15, -0.1) is 0 Å². The lowest BCUT2D eigenvalue weighted by Crippen LogP contribution is -2.58. The van der Waals surface area contributed by atoms with Crippen LogP contribution in [0.5, 0.6) is 0 Å². The Morgan fingerprint density at radius 2 is 2.16 bits per heavy atom. The molecule has 2 heterocycles. The standard InChI is InChI=1S/C23H29ClFN5O2/c1-12-16-8-15(23(16,3)4)9-17(12)29-18-10-27-30(22(32)21(18)24)11-20(31)28-13(2)14-5-6-26-19(25)7-14/h5-7,10,12-13,15-17,29H,8-9,11H2,1-4H3,(H,28,31)/t12-,13?,15+,16-,17-/m1/s1. The molecule has 3 aliphatic rings. The molecule has 2 aromatic heterocycles. The topological polar surface area (TPSA) is 88.9 Å². The number of carbonyl (C=O) groups is 1. The third-order valence-corrected chi connectivity index (χ3v) is 7.97. The fraction of sp³-hybridized carbons (Fsp3) is 0.565. The number of halogens is 2. The Balaban J connectivity index is 1.41. The van der Waals surface area contributed by atoms with E-state index in [0.29, 0.717) is 34.4 Å². The Morgan fingerprint density at radius 3 is 2.81 bits per heavy atom. The van der Waals surface area contributed by atoms with Crippen LogP contribution in [0.3, 0.4) is 0 Å². The van der Waals surface area contributed by atoms with Crippen LogP contribution in [-0.4, -0.2) is 26.7 Å². The van der Waals surface area contributed by atoms with Crippen molar-refractivity contribution in [3.8, 4) is 0 Å². The molecule has 32 heavy (non-hydrogen) atoms. The summed E-state index contributed by atoms with van der Waals surface area (Å²) in [7, 11) is 0. The molecule has 1 unspecified atom stereocenters. The lowest BCUT2D eigenvalue weighted by atomic mass is 9.45. The van der Waals surface area contributed by atoms with E-state index in [0.717, 1.165) is 11.1 Å². The monoisotopic (exact) mass is 461 g/mol. The van der Waals surface area contributed by atoms with Crippen LogP contribution in [0.1, 0.15) is 52.1 Å². The number of amides is 1. The van der Waals surface area contributed by atoms with E-state index in [2.05, 4.69) is 41.5 Å². The van der Waals surface area contributed by atoms with Gasteiger partial charge in [-0.2, -0.15) is 9.49 Å². The van der Waals surface area contributed by atoms with Crippen molar-refractivity contribution in [2.75, 3.05) is 5.32 Å². The van der Waals surface area contributed by atoms with E-state index in [9.17, 15) is 14.0 Å². The van der Waals surface area contributed by atoms with Crippen LogP contribution in [0.25, 0.3) is 0 Å². The van der Waals surface area contributed by atoms with Crippen molar-refractivity contribution < 1.29 is 9.18 Å². The third-order valence-electron chi connectivity index (χ3n) is 7.60. The molecule has 2 aromatic rings. The van der Waals surface area contributed by atoms with Crippen LogP contribution in [0.2, 0.25) is 5.02 Å². The molecular formula is C23H29ClFN5O2. The van der Waals surface area contributed by atoms with E-state index in [-0.39, 0.29) is 17.6 Å². The zero-order chi connectivity index (χ0) is 23.2. The lowest BCUT2D eigenvalue weighted by Gasteiger charge is -2.62. The van der Waals surface area contributed by atoms with Gasteiger partial charge in [0.15, 0.2) is 0 Å². The number of pyridine rings is 1. The van der Waals surface area contributed by atoms with Crippen molar-refractivity contribution in [2.24, 2.45) is 23.2 Å². The van der Waals surface area contributed by atoms with Crippen molar-refractivity contribution in [1.29, 1.82) is 0 Å². The fourth-order valence-corrected chi connectivity index (χ4v) is 5.61. The molecule has 0 aliphatic heterocycles. The van der Waals surface area contributed by atoms with Crippen LogP contribution in [-0.2, 0) is 11.3 Å². The first kappa shape index (κ1) is 22.7. The van der Waals surface area contributed by atoms with Gasteiger partial charge in [0.1, 0.15) is 11.6 Å². The average Bonchev–Trinajstić information content (AvgIpc) is 2.74. The number of hydrogen-bond donors (Lipinski definition) is 2. The molecule has 1 amide bonds. The molecule has 5 atom stereocenters. The number of anilines is 1. The van der Waals surface area contributed by atoms with Gasteiger partial charge >= 0.3 is 0 Å². The Morgan fingerprint density at radius 1 is 1.41 bits per heavy atom. The highest BCUT2D eigenvalue weighted by Gasteiger charge is 2.56. The van der Waals surface area contributed by atoms with E-state index in [1.165, 1.54) is 24.9 Å². The second kappa shape index (κ2) is 8.46. The van der Waals surface area contributed by atoms with Crippen LogP contribution in [0, 0.1) is 29.1 Å². The maximum Gasteiger partial charge on any atom is 0.288 e. The van der Waals surface area contributed by atoms with Crippen molar-refractivity contribution in [3.63, 3.8) is 0 Å². The Hall–Kier alpha value is -2.48. The van der Waals surface area contributed by atoms with E-state index >= 15 is 0 Å². The summed E-state index contributed by atoms with van der Waals surface area (Å²) in [6.45, 7) is 8.37. The van der Waals surface area contributed by atoms with Crippen molar-refractivity contribution in [3.05, 3.63) is 51.4 Å². The number of aromatic nitrogens is 3. The van der Waals surface area contributed by atoms with Gasteiger partial charge in [0.2, 0.25) is 11.9 Å². The summed E-state index contributed by atoms with van der Waals surface area (Å²) in [5, 5.41) is 10.3. The first-order valence-electron chi connectivity index (χ1n) is 11.0. The minimum atomic E-state index is -0.621. The molecular weight excluding hydrogens is 433 g/mol. The van der Waals surface area contributed by atoms with E-state index < -0.39 is 23.5 Å². The summed E-state index contributed by atoms with van der Waals surface area (Å²) in [5.74, 6) is 0.755. The molecule has 0 aromatic carbocycles. The van der Waals surface area contributed by atoms with E-state index in [1.807, 2.05) is 0 Å². The molecule has 2 N–H and O–H groups in total. The fourth-order valence-electron chi connectivity index (χ4n) is 5.41. The summed E-state index contributed by atoms with van der Waals surface area (Å²) < 4.78 is 14.3. The molecule has 172 valence electrons. The second-order valence-corrected chi connectivity index (χ2v) is 10.1. The molecule has 3 fully saturated rings. The number of nitrogens with one attached hydrogen (secondary N) is 2. The van der Waals surface area contributed by atoms with E-state index in [1.54, 1.807) is 13.0 Å². The molecule has 9 heteroatoms. The predicted molar refractivity (Wildman–Crippen MR) is 121 cm³/mol. The zero-order valence-electron chi connectivity index (χ0n) is 18.7. The minimum absolute atomic E-state index is 0.0303. The van der Waals surface area contributed by atoms with Crippen LogP contribution in [0.4, 0.5) is 10.1 Å². The van der Waals surface area contributed by atoms with Crippen LogP contribution < -0.4 is 16.2 Å². The maximum atomic E-state index is 13.3. The number of rotatable bonds is 6. The van der Waals surface area contributed by atoms with Gasteiger partial charge < -0.3 is 10.6 Å². The highest BCUT2D eigenvalue weighted by Crippen LogP contribution is 2.61. The normalized spacial score (nSPS) is 26.7. The van der Waals surface area contributed by atoms with Gasteiger partial charge in [-0.3, -0.25) is 9.59 Å². The minimum Gasteiger partial charge on any atom is -0.379 e. The number of nitrogens with zero attached hydrogens (tertiary/aromatic N) is 3. The first-order valence-corrected chi connectivity index (χ1v) is 11.4. The molecule has 0 saturated heterocycles. The molecule has 3 saturated carbocycles. The summed E-state index contributed by atoms with van der Waals surface area (Å²) in [6, 6.07) is 2.67. The van der Waals surface area contributed by atoms with Gasteiger partial charge in [0.25, 0.3) is 5.56 Å². The quantitative estimate of drug-likeness (QED) is 0.639. The first-order chi connectivity index (χ1) is 15.1. The van der Waals surface area contributed by atoms with Gasteiger partial charge in [-0.05, 0) is 60.6 Å². The lowest BCUT2D eigenvalue weighted by molar-refractivity contribution is -0.122. The highest BCUT2D eigenvalue weighted by molar-refractivity contribution is 6.32. The smallest absolute Gasteiger partial charge is 0.288 e. The van der Waals surface area contributed by atoms with Crippen LogP contribution in [0.15, 0.2) is 29.3 Å². The summed E-state index contributed by atoms with van der Waals surface area (Å²) in [6.07, 6.45) is 5.15. The van der Waals surface area contributed by atoms with Crippen molar-refractivity contribution in [2.45, 2.75) is 59.2 Å². The average molecular weight is 462 g/mol. The molecule has 3 aliphatic carbocycles. The largest absolute Gasteiger partial charge is 0.379 e. The molecule has 0 spiro atoms. The van der Waals surface area contributed by atoms with Gasteiger partial charge in [-0.1, -0.05) is 32.4 Å². The summed E-state index contributed by atoms with van der Waals surface area (Å²) in [5.41, 5.74) is 0.926. The van der Waals surface area contributed by atoms with E-state index in [4.69, 9.17) is 11.6 Å². The van der Waals surface area contributed by atoms with Crippen molar-refractivity contribution in [1.82, 2.24) is 20.1 Å². The van der Waals surface area contributed by atoms with Crippen molar-refractivity contribution >= 4 is 23.2 Å². The zero-order valence-corrected chi connectivity index (χ0v) is 19.5. The molecule has 7 nitrogen and oxygen atoms in total. The molecule has 0 radical (unpaired) electrons.